The molecule has 31 heavy (non-hydrogen) atoms. The van der Waals surface area contributed by atoms with Crippen molar-refractivity contribution in [2.24, 2.45) is 5.73 Å². The molecule has 170 valence electrons. The van der Waals surface area contributed by atoms with Gasteiger partial charge in [0.1, 0.15) is 17.1 Å². The summed E-state index contributed by atoms with van der Waals surface area (Å²) in [5.41, 5.74) is 5.44. The molecule has 1 atom stereocenters. The Morgan fingerprint density at radius 3 is 2.52 bits per heavy atom. The minimum atomic E-state index is -4.55. The lowest BCUT2D eigenvalue weighted by atomic mass is 10.2. The molecule has 9 nitrogen and oxygen atoms in total. The highest BCUT2D eigenvalue weighted by Gasteiger charge is 2.35. The summed E-state index contributed by atoms with van der Waals surface area (Å²) in [4.78, 5) is 36.4. The van der Waals surface area contributed by atoms with Crippen molar-refractivity contribution in [1.29, 1.82) is 0 Å². The van der Waals surface area contributed by atoms with Gasteiger partial charge in [-0.15, -0.1) is 11.3 Å². The van der Waals surface area contributed by atoms with E-state index in [-0.39, 0.29) is 38.7 Å². The Kier molecular flexibility index (Phi) is 6.84. The van der Waals surface area contributed by atoms with Crippen LogP contribution in [-0.4, -0.2) is 76.9 Å². The number of amides is 1. The summed E-state index contributed by atoms with van der Waals surface area (Å²) in [6.07, 6.45) is -6.58. The van der Waals surface area contributed by atoms with E-state index >= 15 is 0 Å². The zero-order valence-corrected chi connectivity index (χ0v) is 17.5. The molecule has 2 aromatic heterocycles. The molecular formula is C18H22F3N5O4S. The molecular weight excluding hydrogens is 439 g/mol. The Balaban J connectivity index is 1.84. The number of carbonyl (C=O) groups excluding carboxylic acids is 1. The lowest BCUT2D eigenvalue weighted by Gasteiger charge is -2.35. The monoisotopic (exact) mass is 461 g/mol. The molecule has 0 spiro atoms. The fourth-order valence-electron chi connectivity index (χ4n) is 3.18. The molecule has 1 saturated heterocycles. The van der Waals surface area contributed by atoms with Crippen LogP contribution in [0.5, 0.6) is 6.01 Å². The van der Waals surface area contributed by atoms with E-state index in [9.17, 15) is 27.9 Å². The summed E-state index contributed by atoms with van der Waals surface area (Å²) < 4.78 is 42.9. The third-order valence-corrected chi connectivity index (χ3v) is 5.95. The van der Waals surface area contributed by atoms with E-state index < -0.39 is 30.6 Å². The van der Waals surface area contributed by atoms with Crippen LogP contribution in [0.1, 0.15) is 18.2 Å². The van der Waals surface area contributed by atoms with Gasteiger partial charge < -0.3 is 25.4 Å². The molecule has 0 aliphatic carbocycles. The van der Waals surface area contributed by atoms with Crippen LogP contribution in [0.15, 0.2) is 6.07 Å². The van der Waals surface area contributed by atoms with Gasteiger partial charge in [0, 0.05) is 37.6 Å². The van der Waals surface area contributed by atoms with Crippen LogP contribution in [0.25, 0.3) is 10.2 Å². The van der Waals surface area contributed by atoms with Crippen molar-refractivity contribution in [3.63, 3.8) is 0 Å². The van der Waals surface area contributed by atoms with Gasteiger partial charge in [0.2, 0.25) is 12.0 Å². The number of piperazine rings is 1. The Hall–Kier alpha value is -2.67. The number of ether oxygens (including phenoxy) is 1. The maximum atomic E-state index is 12.5. The summed E-state index contributed by atoms with van der Waals surface area (Å²) in [5, 5.41) is 9.92. The average Bonchev–Trinajstić information content (AvgIpc) is 3.13. The molecule has 2 aromatic rings. The second-order valence-electron chi connectivity index (χ2n) is 6.96. The van der Waals surface area contributed by atoms with Crippen LogP contribution in [0.2, 0.25) is 0 Å². The number of thiophene rings is 1. The minimum absolute atomic E-state index is 0.113. The van der Waals surface area contributed by atoms with Gasteiger partial charge in [0.15, 0.2) is 0 Å². The summed E-state index contributed by atoms with van der Waals surface area (Å²) in [5.74, 6) is -1.72. The third-order valence-electron chi connectivity index (χ3n) is 4.77. The second-order valence-corrected chi connectivity index (χ2v) is 8.07. The molecule has 0 bridgehead atoms. The maximum Gasteiger partial charge on any atom is 0.397 e. The molecule has 1 amide bonds. The first-order chi connectivity index (χ1) is 14.6. The summed E-state index contributed by atoms with van der Waals surface area (Å²) in [7, 11) is 0. The van der Waals surface area contributed by atoms with E-state index in [2.05, 4.69) is 9.97 Å². The van der Waals surface area contributed by atoms with Crippen LogP contribution >= 0.6 is 11.3 Å². The topological polar surface area (TPSA) is 122 Å². The molecule has 3 N–H and O–H groups in total. The Morgan fingerprint density at radius 2 is 1.97 bits per heavy atom. The van der Waals surface area contributed by atoms with Crippen molar-refractivity contribution in [1.82, 2.24) is 14.9 Å². The number of alkyl halides is 3. The number of halogens is 3. The highest BCUT2D eigenvalue weighted by atomic mass is 32.1. The van der Waals surface area contributed by atoms with E-state index in [1.165, 1.54) is 16.2 Å². The number of carboxylic acids is 1. The number of aliphatic carboxylic acids is 1. The number of aryl methyl sites for hydroxylation is 1. The van der Waals surface area contributed by atoms with Crippen molar-refractivity contribution in [3.05, 3.63) is 10.9 Å². The van der Waals surface area contributed by atoms with Crippen molar-refractivity contribution in [2.75, 3.05) is 37.6 Å². The zero-order valence-electron chi connectivity index (χ0n) is 16.7. The number of anilines is 1. The van der Waals surface area contributed by atoms with E-state index in [1.54, 1.807) is 0 Å². The van der Waals surface area contributed by atoms with Gasteiger partial charge in [-0.1, -0.05) is 6.92 Å². The maximum absolute atomic E-state index is 12.5. The molecule has 13 heteroatoms. The van der Waals surface area contributed by atoms with Gasteiger partial charge in [0.25, 0.3) is 0 Å². The number of aromatic nitrogens is 2. The molecule has 0 radical (unpaired) electrons. The summed E-state index contributed by atoms with van der Waals surface area (Å²) in [6, 6.07) is 1.79. The van der Waals surface area contributed by atoms with Crippen LogP contribution in [0, 0.1) is 0 Å². The number of carbonyl (C=O) groups is 2. The first-order valence-electron chi connectivity index (χ1n) is 9.60. The zero-order chi connectivity index (χ0) is 22.8. The number of hydrogen-bond acceptors (Lipinski definition) is 8. The molecule has 0 aromatic carbocycles. The van der Waals surface area contributed by atoms with Crippen LogP contribution in [0.4, 0.5) is 19.0 Å². The lowest BCUT2D eigenvalue weighted by Crippen LogP contribution is -2.49. The number of nitrogens with zero attached hydrogens (tertiary/aromatic N) is 4. The first-order valence-corrected chi connectivity index (χ1v) is 10.4. The predicted octanol–water partition coefficient (Wildman–Crippen LogP) is 1.65. The van der Waals surface area contributed by atoms with E-state index in [0.717, 1.165) is 16.7 Å². The standard InChI is InChI=1S/C18H22F3N5O4S/c1-2-10-7-11-14(23-17(24-15(11)31-10)30-12(9-22)16(28)29)26-5-3-25(4-6-26)13(27)8-18(19,20)21/h7,12H,2-6,8-9,22H2,1H3,(H,28,29)/t12-/m1/s1. The highest BCUT2D eigenvalue weighted by Crippen LogP contribution is 2.33. The summed E-state index contributed by atoms with van der Waals surface area (Å²) in [6.45, 7) is 2.48. The van der Waals surface area contributed by atoms with Gasteiger partial charge in [-0.05, 0) is 12.5 Å². The van der Waals surface area contributed by atoms with Crippen LogP contribution < -0.4 is 15.4 Å². The van der Waals surface area contributed by atoms with Gasteiger partial charge in [-0.3, -0.25) is 4.79 Å². The minimum Gasteiger partial charge on any atom is -0.478 e. The lowest BCUT2D eigenvalue weighted by molar-refractivity contribution is -0.161. The highest BCUT2D eigenvalue weighted by molar-refractivity contribution is 7.18. The molecule has 1 aliphatic heterocycles. The van der Waals surface area contributed by atoms with Crippen molar-refractivity contribution < 1.29 is 32.6 Å². The third kappa shape index (κ3) is 5.53. The van der Waals surface area contributed by atoms with Gasteiger partial charge in [-0.25, -0.2) is 4.79 Å². The van der Waals surface area contributed by atoms with Crippen molar-refractivity contribution >= 4 is 39.2 Å². The molecule has 1 aliphatic rings. The largest absolute Gasteiger partial charge is 0.478 e. The second kappa shape index (κ2) is 9.22. The number of hydrogen-bond donors (Lipinski definition) is 2. The predicted molar refractivity (Wildman–Crippen MR) is 107 cm³/mol. The number of carboxylic acid groups (broad SMARTS) is 1. The SMILES string of the molecule is CCc1cc2c(N3CCN(C(=O)CC(F)(F)F)CC3)nc(O[C@H](CN)C(=O)O)nc2s1. The van der Waals surface area contributed by atoms with Gasteiger partial charge in [0.05, 0.1) is 5.39 Å². The summed E-state index contributed by atoms with van der Waals surface area (Å²) >= 11 is 1.42. The Bertz CT molecular complexity index is 960. The fourth-order valence-corrected chi connectivity index (χ4v) is 4.14. The molecule has 1 fully saturated rings. The Morgan fingerprint density at radius 1 is 1.29 bits per heavy atom. The number of rotatable bonds is 7. The average molecular weight is 461 g/mol. The smallest absolute Gasteiger partial charge is 0.397 e. The fraction of sp³-hybridized carbons (Fsp3) is 0.556. The normalized spacial score (nSPS) is 15.9. The van der Waals surface area contributed by atoms with Crippen LogP contribution in [0.3, 0.4) is 0 Å². The van der Waals surface area contributed by atoms with E-state index in [1.807, 2.05) is 17.9 Å². The number of nitrogens with two attached hydrogens (primary N) is 1. The molecule has 3 heterocycles. The van der Waals surface area contributed by atoms with Crippen molar-refractivity contribution in [2.45, 2.75) is 32.0 Å². The first kappa shape index (κ1) is 23.0. The molecule has 0 unspecified atom stereocenters. The molecule has 3 rings (SSSR count). The Labute approximate surface area is 179 Å². The van der Waals surface area contributed by atoms with Gasteiger partial charge in [-0.2, -0.15) is 23.1 Å². The van der Waals surface area contributed by atoms with Gasteiger partial charge >= 0.3 is 18.2 Å². The van der Waals surface area contributed by atoms with E-state index in [4.69, 9.17) is 10.5 Å². The van der Waals surface area contributed by atoms with Crippen molar-refractivity contribution in [3.8, 4) is 6.01 Å². The number of fused-ring (bicyclic) bond motifs is 1. The van der Waals surface area contributed by atoms with Crippen LogP contribution in [-0.2, 0) is 16.0 Å². The quantitative estimate of drug-likeness (QED) is 0.638. The molecule has 0 saturated carbocycles. The van der Waals surface area contributed by atoms with E-state index in [0.29, 0.717) is 10.6 Å².